The van der Waals surface area contributed by atoms with E-state index in [-0.39, 0.29) is 18.2 Å². The van der Waals surface area contributed by atoms with Crippen LogP contribution >= 0.6 is 0 Å². The summed E-state index contributed by atoms with van der Waals surface area (Å²) in [6.07, 6.45) is -8.31. The molecule has 3 aromatic rings. The molecular weight excluding hydrogens is 563 g/mol. The van der Waals surface area contributed by atoms with Gasteiger partial charge in [-0.3, -0.25) is 4.79 Å². The predicted molar refractivity (Wildman–Crippen MR) is 107 cm³/mol. The van der Waals surface area contributed by atoms with Gasteiger partial charge in [-0.2, -0.15) is 49.2 Å². The van der Waals surface area contributed by atoms with E-state index in [0.29, 0.717) is 9.58 Å². The van der Waals surface area contributed by atoms with Gasteiger partial charge in [-0.1, -0.05) is 0 Å². The molecule has 3 rings (SSSR count). The van der Waals surface area contributed by atoms with Crippen molar-refractivity contribution in [3.63, 3.8) is 0 Å². The number of carbonyl (C=O) groups is 1. The molecule has 0 aliphatic heterocycles. The largest absolute Gasteiger partial charge is 0.505 e. The van der Waals surface area contributed by atoms with E-state index in [9.17, 15) is 52.7 Å². The molecule has 9 nitrogen and oxygen atoms in total. The molecule has 1 unspecified atom stereocenters. The molecule has 38 heavy (non-hydrogen) atoms. The molecule has 19 heteroatoms. The summed E-state index contributed by atoms with van der Waals surface area (Å²) in [6, 6.07) is -0.160. The fourth-order valence-corrected chi connectivity index (χ4v) is 3.58. The number of alkyl halides is 9. The third-order valence-corrected chi connectivity index (χ3v) is 6.27. The normalized spacial score (nSPS) is 13.9. The summed E-state index contributed by atoms with van der Waals surface area (Å²) in [7, 11) is -5.22. The van der Waals surface area contributed by atoms with Gasteiger partial charge in [-0.25, -0.2) is 18.4 Å². The number of sulfone groups is 1. The lowest BCUT2D eigenvalue weighted by Crippen LogP contribution is -2.32. The van der Waals surface area contributed by atoms with E-state index in [1.54, 1.807) is 0 Å². The standard InChI is InChI=1S/C19H13F9N6O3S/c1-9(33(2)14(35)10-6-11(17(20,21)22)8-12(7-10)18(23,24)25)13-31-16(38(36,37)19(26,27)28)32-34(13)15-29-4-3-5-30-15/h3-9H,1-2H3. The zero-order chi connectivity index (χ0) is 28.8. The Labute approximate surface area is 206 Å². The summed E-state index contributed by atoms with van der Waals surface area (Å²) >= 11 is 0. The van der Waals surface area contributed by atoms with Crippen molar-refractivity contribution in [3.8, 4) is 5.95 Å². The van der Waals surface area contributed by atoms with Crippen LogP contribution in [-0.4, -0.2) is 56.5 Å². The van der Waals surface area contributed by atoms with E-state index in [4.69, 9.17) is 0 Å². The second kappa shape index (κ2) is 9.52. The summed E-state index contributed by atoms with van der Waals surface area (Å²) < 4.78 is 143. The molecule has 0 fully saturated rings. The molecule has 0 aliphatic rings. The van der Waals surface area contributed by atoms with Gasteiger partial charge in [0.1, 0.15) is 0 Å². The predicted octanol–water partition coefficient (Wildman–Crippen LogP) is 4.22. The molecule has 2 aromatic heterocycles. The van der Waals surface area contributed by atoms with Crippen molar-refractivity contribution in [1.29, 1.82) is 0 Å². The number of nitrogens with zero attached hydrogens (tertiary/aromatic N) is 6. The van der Waals surface area contributed by atoms with Gasteiger partial charge in [-0.05, 0) is 31.2 Å². The van der Waals surface area contributed by atoms with Gasteiger partial charge in [0, 0.05) is 25.0 Å². The Kier molecular flexibility index (Phi) is 7.21. The van der Waals surface area contributed by atoms with E-state index in [1.165, 1.54) is 6.07 Å². The first kappa shape index (κ1) is 28.8. The van der Waals surface area contributed by atoms with Gasteiger partial charge in [0.05, 0.1) is 17.2 Å². The van der Waals surface area contributed by atoms with Crippen LogP contribution in [0.4, 0.5) is 39.5 Å². The van der Waals surface area contributed by atoms with Crippen LogP contribution in [0.15, 0.2) is 41.8 Å². The molecule has 0 N–H and O–H groups in total. The Bertz CT molecular complexity index is 1420. The fraction of sp³-hybridized carbons (Fsp3) is 0.316. The zero-order valence-corrected chi connectivity index (χ0v) is 19.6. The summed E-state index contributed by atoms with van der Waals surface area (Å²) in [4.78, 5) is 24.2. The second-order valence-electron chi connectivity index (χ2n) is 7.55. The second-order valence-corrected chi connectivity index (χ2v) is 9.38. The molecular formula is C19H13F9N6O3S. The molecule has 0 radical (unpaired) electrons. The number of amides is 1. The molecule has 0 bridgehead atoms. The van der Waals surface area contributed by atoms with E-state index in [0.717, 1.165) is 26.4 Å². The van der Waals surface area contributed by atoms with Crippen LogP contribution in [0.25, 0.3) is 5.95 Å². The van der Waals surface area contributed by atoms with Crippen LogP contribution in [0.3, 0.4) is 0 Å². The van der Waals surface area contributed by atoms with Crippen molar-refractivity contribution < 1.29 is 52.7 Å². The maximum absolute atomic E-state index is 13.2. The zero-order valence-electron chi connectivity index (χ0n) is 18.8. The van der Waals surface area contributed by atoms with Crippen LogP contribution in [0, 0.1) is 0 Å². The first-order chi connectivity index (χ1) is 17.2. The number of hydrogen-bond acceptors (Lipinski definition) is 7. The lowest BCUT2D eigenvalue weighted by atomic mass is 10.0. The minimum absolute atomic E-state index is 0.158. The molecule has 0 saturated carbocycles. The van der Waals surface area contributed by atoms with Crippen LogP contribution in [0.2, 0.25) is 0 Å². The molecule has 206 valence electrons. The highest BCUT2D eigenvalue weighted by Gasteiger charge is 2.50. The quantitative estimate of drug-likeness (QED) is 0.419. The van der Waals surface area contributed by atoms with Gasteiger partial charge < -0.3 is 4.90 Å². The molecule has 0 spiro atoms. The maximum Gasteiger partial charge on any atom is 0.505 e. The smallest absolute Gasteiger partial charge is 0.332 e. The highest BCUT2D eigenvalue weighted by molar-refractivity contribution is 7.92. The van der Waals surface area contributed by atoms with Crippen molar-refractivity contribution in [1.82, 2.24) is 29.6 Å². The van der Waals surface area contributed by atoms with Gasteiger partial charge in [0.15, 0.2) is 5.82 Å². The number of aromatic nitrogens is 5. The molecule has 0 saturated heterocycles. The minimum atomic E-state index is -6.11. The van der Waals surface area contributed by atoms with Gasteiger partial charge in [0.2, 0.25) is 0 Å². The van der Waals surface area contributed by atoms with Gasteiger partial charge >= 0.3 is 27.7 Å². The Balaban J connectivity index is 2.13. The number of hydrogen-bond donors (Lipinski definition) is 0. The van der Waals surface area contributed by atoms with Crippen molar-refractivity contribution in [2.45, 2.75) is 36.0 Å². The average molecular weight is 576 g/mol. The van der Waals surface area contributed by atoms with Crippen LogP contribution in [0.5, 0.6) is 0 Å². The molecule has 1 atom stereocenters. The highest BCUT2D eigenvalue weighted by atomic mass is 32.2. The molecule has 2 heterocycles. The monoisotopic (exact) mass is 576 g/mol. The first-order valence-corrected chi connectivity index (χ1v) is 11.4. The van der Waals surface area contributed by atoms with Crippen molar-refractivity contribution in [3.05, 3.63) is 59.2 Å². The van der Waals surface area contributed by atoms with Crippen LogP contribution in [-0.2, 0) is 22.2 Å². The molecule has 0 aliphatic carbocycles. The molecule has 1 aromatic carbocycles. The number of carbonyl (C=O) groups excluding carboxylic acids is 1. The third kappa shape index (κ3) is 5.55. The summed E-state index contributed by atoms with van der Waals surface area (Å²) in [5.74, 6) is -2.62. The topological polar surface area (TPSA) is 111 Å². The number of benzene rings is 1. The van der Waals surface area contributed by atoms with Crippen molar-refractivity contribution >= 4 is 15.7 Å². The Morgan fingerprint density at radius 2 is 1.42 bits per heavy atom. The van der Waals surface area contributed by atoms with Crippen molar-refractivity contribution in [2.24, 2.45) is 0 Å². The Hall–Kier alpha value is -3.77. The summed E-state index contributed by atoms with van der Waals surface area (Å²) in [5.41, 5.74) is -10.5. The summed E-state index contributed by atoms with van der Waals surface area (Å²) in [5, 5.41) is 1.53. The minimum Gasteiger partial charge on any atom is -0.332 e. The van der Waals surface area contributed by atoms with Crippen LogP contribution < -0.4 is 0 Å². The average Bonchev–Trinajstić information content (AvgIpc) is 3.27. The highest BCUT2D eigenvalue weighted by Crippen LogP contribution is 2.37. The number of halogens is 9. The van der Waals surface area contributed by atoms with Crippen LogP contribution in [0.1, 0.15) is 40.3 Å². The van der Waals surface area contributed by atoms with E-state index in [1.807, 2.05) is 0 Å². The SMILES string of the molecule is CC(c1nc(S(=O)(=O)C(F)(F)F)nn1-c1ncccn1)N(C)C(=O)c1cc(C(F)(F)F)cc(C(F)(F)F)c1. The van der Waals surface area contributed by atoms with E-state index >= 15 is 0 Å². The third-order valence-electron chi connectivity index (χ3n) is 5.01. The lowest BCUT2D eigenvalue weighted by Gasteiger charge is -2.25. The van der Waals surface area contributed by atoms with E-state index in [2.05, 4.69) is 20.1 Å². The lowest BCUT2D eigenvalue weighted by molar-refractivity contribution is -0.143. The van der Waals surface area contributed by atoms with Crippen molar-refractivity contribution in [2.75, 3.05) is 7.05 Å². The Morgan fingerprint density at radius 1 is 0.921 bits per heavy atom. The first-order valence-electron chi connectivity index (χ1n) is 9.87. The van der Waals surface area contributed by atoms with Gasteiger partial charge in [-0.15, -0.1) is 5.10 Å². The maximum atomic E-state index is 13.2. The van der Waals surface area contributed by atoms with Gasteiger partial charge in [0.25, 0.3) is 17.0 Å². The molecule has 1 amide bonds. The summed E-state index contributed by atoms with van der Waals surface area (Å²) in [6.45, 7) is 1.06. The number of rotatable bonds is 5. The van der Waals surface area contributed by atoms with E-state index < -0.39 is 73.3 Å². The Morgan fingerprint density at radius 3 is 1.87 bits per heavy atom. The fourth-order valence-electron chi connectivity index (χ4n) is 2.97.